The zero-order chi connectivity index (χ0) is 23.5. The Bertz CT molecular complexity index is 717. The molecule has 3 amide bonds. The standard InChI is InChI=1S/C25H41N3O5/c1-16-15-27(25(32)23-4-3-13-33-23)22-14-20(9-10-21(22)28(16)17(2)30)18-5-7-19(8-6-18)24(31)26-11-12-29/h16,18-23,29H,3-15H2,1-2H3,(H,26,31)/t16-,18?,19?,20?,21?,22?,23?/m0/s1. The number of nitrogens with zero attached hydrogens (tertiary/aromatic N) is 2. The normalized spacial score (nSPS) is 36.9. The van der Waals surface area contributed by atoms with E-state index in [1.807, 2.05) is 4.90 Å². The lowest BCUT2D eigenvalue weighted by molar-refractivity contribution is -0.160. The van der Waals surface area contributed by atoms with Crippen molar-refractivity contribution in [1.82, 2.24) is 15.1 Å². The highest BCUT2D eigenvalue weighted by Gasteiger charge is 2.48. The van der Waals surface area contributed by atoms with Crippen LogP contribution in [0.3, 0.4) is 0 Å². The second-order valence-electron chi connectivity index (χ2n) is 10.6. The van der Waals surface area contributed by atoms with Gasteiger partial charge in [0.15, 0.2) is 0 Å². The molecule has 2 N–H and O–H groups in total. The van der Waals surface area contributed by atoms with Crippen molar-refractivity contribution in [3.63, 3.8) is 0 Å². The number of aliphatic hydroxyl groups is 1. The number of fused-ring (bicyclic) bond motifs is 1. The Morgan fingerprint density at radius 3 is 2.36 bits per heavy atom. The van der Waals surface area contributed by atoms with Crippen LogP contribution >= 0.6 is 0 Å². The number of hydrogen-bond acceptors (Lipinski definition) is 5. The van der Waals surface area contributed by atoms with Gasteiger partial charge in [0.05, 0.1) is 18.7 Å². The SMILES string of the molecule is CC(=O)N1C2CCC(C3CCC(C(=O)NCCO)CC3)CC2N(C(=O)C2CCCO2)C[C@@H]1C. The number of ether oxygens (including phenoxy) is 1. The van der Waals surface area contributed by atoms with Crippen molar-refractivity contribution < 1.29 is 24.2 Å². The number of rotatable bonds is 5. The van der Waals surface area contributed by atoms with E-state index in [0.717, 1.165) is 57.8 Å². The molecule has 2 heterocycles. The summed E-state index contributed by atoms with van der Waals surface area (Å²) < 4.78 is 5.74. The summed E-state index contributed by atoms with van der Waals surface area (Å²) in [5, 5.41) is 11.8. The lowest BCUT2D eigenvalue weighted by Crippen LogP contribution is -2.68. The number of nitrogens with one attached hydrogen (secondary N) is 1. The fraction of sp³-hybridized carbons (Fsp3) is 0.880. The molecule has 0 radical (unpaired) electrons. The summed E-state index contributed by atoms with van der Waals surface area (Å²) in [5.74, 6) is 1.42. The molecular weight excluding hydrogens is 422 g/mol. The van der Waals surface area contributed by atoms with Crippen LogP contribution in [0, 0.1) is 17.8 Å². The van der Waals surface area contributed by atoms with Gasteiger partial charge in [-0.3, -0.25) is 14.4 Å². The van der Waals surface area contributed by atoms with Crippen molar-refractivity contribution in [2.45, 2.75) is 95.9 Å². The first-order chi connectivity index (χ1) is 15.9. The highest BCUT2D eigenvalue weighted by atomic mass is 16.5. The average molecular weight is 464 g/mol. The van der Waals surface area contributed by atoms with Crippen LogP contribution in [0.15, 0.2) is 0 Å². The minimum atomic E-state index is -0.324. The van der Waals surface area contributed by atoms with E-state index < -0.39 is 0 Å². The molecule has 0 spiro atoms. The van der Waals surface area contributed by atoms with Crippen LogP contribution in [-0.4, -0.2) is 83.2 Å². The lowest BCUT2D eigenvalue weighted by atomic mass is 9.68. The molecule has 4 rings (SSSR count). The number of aliphatic hydroxyl groups excluding tert-OH is 1. The third-order valence-corrected chi connectivity index (χ3v) is 8.59. The van der Waals surface area contributed by atoms with Crippen molar-refractivity contribution in [3.8, 4) is 0 Å². The highest BCUT2D eigenvalue weighted by molar-refractivity contribution is 5.82. The first-order valence-electron chi connectivity index (χ1n) is 13.0. The molecule has 0 aromatic rings. The number of amides is 3. The van der Waals surface area contributed by atoms with E-state index in [9.17, 15) is 14.4 Å². The largest absolute Gasteiger partial charge is 0.395 e. The van der Waals surface area contributed by atoms with Crippen molar-refractivity contribution in [2.75, 3.05) is 26.3 Å². The number of carbonyl (C=O) groups is 3. The highest BCUT2D eigenvalue weighted by Crippen LogP contribution is 2.44. The van der Waals surface area contributed by atoms with E-state index >= 15 is 0 Å². The van der Waals surface area contributed by atoms with Gasteiger partial charge in [0.2, 0.25) is 11.8 Å². The van der Waals surface area contributed by atoms with E-state index in [-0.39, 0.29) is 54.5 Å². The summed E-state index contributed by atoms with van der Waals surface area (Å²) >= 11 is 0. The van der Waals surface area contributed by atoms with Gasteiger partial charge < -0.3 is 25.0 Å². The predicted octanol–water partition coefficient (Wildman–Crippen LogP) is 1.70. The van der Waals surface area contributed by atoms with E-state index in [1.54, 1.807) is 6.92 Å². The monoisotopic (exact) mass is 463 g/mol. The van der Waals surface area contributed by atoms with Crippen LogP contribution in [0.25, 0.3) is 0 Å². The van der Waals surface area contributed by atoms with Crippen molar-refractivity contribution in [3.05, 3.63) is 0 Å². The maximum atomic E-state index is 13.4. The quantitative estimate of drug-likeness (QED) is 0.647. The smallest absolute Gasteiger partial charge is 0.252 e. The summed E-state index contributed by atoms with van der Waals surface area (Å²) in [6, 6.07) is 0.179. The zero-order valence-electron chi connectivity index (χ0n) is 20.2. The molecule has 0 bridgehead atoms. The second-order valence-corrected chi connectivity index (χ2v) is 10.6. The number of hydrogen-bond donors (Lipinski definition) is 2. The molecule has 2 aliphatic carbocycles. The molecule has 2 saturated heterocycles. The molecular formula is C25H41N3O5. The van der Waals surface area contributed by atoms with Crippen LogP contribution in [-0.2, 0) is 19.1 Å². The van der Waals surface area contributed by atoms with Crippen LogP contribution in [0.5, 0.6) is 0 Å². The first kappa shape index (κ1) is 24.5. The Morgan fingerprint density at radius 1 is 1.00 bits per heavy atom. The number of piperazine rings is 1. The average Bonchev–Trinajstić information content (AvgIpc) is 3.36. The van der Waals surface area contributed by atoms with Crippen LogP contribution in [0.4, 0.5) is 0 Å². The minimum absolute atomic E-state index is 0.0251. The molecule has 2 saturated carbocycles. The van der Waals surface area contributed by atoms with Crippen molar-refractivity contribution in [1.29, 1.82) is 0 Å². The van der Waals surface area contributed by atoms with Gasteiger partial charge in [-0.25, -0.2) is 0 Å². The maximum absolute atomic E-state index is 13.4. The third kappa shape index (κ3) is 5.21. The van der Waals surface area contributed by atoms with E-state index in [1.165, 1.54) is 0 Å². The van der Waals surface area contributed by atoms with E-state index in [4.69, 9.17) is 9.84 Å². The summed E-state index contributed by atoms with van der Waals surface area (Å²) in [4.78, 5) is 42.3. The van der Waals surface area contributed by atoms with Gasteiger partial charge in [0.1, 0.15) is 6.10 Å². The summed E-state index contributed by atoms with van der Waals surface area (Å²) in [6.07, 6.45) is 8.20. The Morgan fingerprint density at radius 2 is 1.73 bits per heavy atom. The number of carbonyl (C=O) groups excluding carboxylic acids is 3. The molecule has 4 unspecified atom stereocenters. The minimum Gasteiger partial charge on any atom is -0.395 e. The summed E-state index contributed by atoms with van der Waals surface area (Å²) in [5.41, 5.74) is 0. The van der Waals surface area contributed by atoms with Crippen LogP contribution in [0.2, 0.25) is 0 Å². The molecule has 8 heteroatoms. The van der Waals surface area contributed by atoms with E-state index in [2.05, 4.69) is 17.1 Å². The zero-order valence-corrected chi connectivity index (χ0v) is 20.2. The van der Waals surface area contributed by atoms with Gasteiger partial charge in [-0.15, -0.1) is 0 Å². The van der Waals surface area contributed by atoms with Crippen LogP contribution in [0.1, 0.15) is 71.6 Å². The van der Waals surface area contributed by atoms with Gasteiger partial charge >= 0.3 is 0 Å². The molecule has 33 heavy (non-hydrogen) atoms. The molecule has 4 fully saturated rings. The Hall–Kier alpha value is -1.67. The molecule has 2 aliphatic heterocycles. The molecule has 8 nitrogen and oxygen atoms in total. The molecule has 0 aromatic carbocycles. The van der Waals surface area contributed by atoms with Gasteiger partial charge in [-0.2, -0.15) is 0 Å². The topological polar surface area (TPSA) is 99.2 Å². The Balaban J connectivity index is 1.43. The predicted molar refractivity (Wildman–Crippen MR) is 123 cm³/mol. The van der Waals surface area contributed by atoms with Gasteiger partial charge in [-0.05, 0) is 76.5 Å². The van der Waals surface area contributed by atoms with Crippen molar-refractivity contribution in [2.24, 2.45) is 17.8 Å². The van der Waals surface area contributed by atoms with Crippen LogP contribution < -0.4 is 5.32 Å². The Kier molecular flexibility index (Phi) is 7.95. The first-order valence-corrected chi connectivity index (χ1v) is 13.0. The molecule has 0 aromatic heterocycles. The van der Waals surface area contributed by atoms with Gasteiger partial charge in [0, 0.05) is 38.6 Å². The fourth-order valence-corrected chi connectivity index (χ4v) is 7.02. The lowest BCUT2D eigenvalue weighted by Gasteiger charge is -2.55. The van der Waals surface area contributed by atoms with Crippen molar-refractivity contribution >= 4 is 17.7 Å². The Labute approximate surface area is 197 Å². The van der Waals surface area contributed by atoms with E-state index in [0.29, 0.717) is 31.5 Å². The van der Waals surface area contributed by atoms with Gasteiger partial charge in [0.25, 0.3) is 5.91 Å². The second kappa shape index (κ2) is 10.7. The third-order valence-electron chi connectivity index (χ3n) is 8.59. The molecule has 186 valence electrons. The fourth-order valence-electron chi connectivity index (χ4n) is 7.02. The summed E-state index contributed by atoms with van der Waals surface area (Å²) in [6.45, 7) is 5.25. The maximum Gasteiger partial charge on any atom is 0.252 e. The summed E-state index contributed by atoms with van der Waals surface area (Å²) in [7, 11) is 0. The molecule has 4 aliphatic rings. The van der Waals surface area contributed by atoms with Gasteiger partial charge in [-0.1, -0.05) is 0 Å². The molecule has 5 atom stereocenters.